The molecule has 5 N–H and O–H groups in total. The summed E-state index contributed by atoms with van der Waals surface area (Å²) in [4.78, 5) is 28.2. The molecule has 0 unspecified atom stereocenters. The van der Waals surface area contributed by atoms with Crippen LogP contribution in [0.1, 0.15) is 39.2 Å². The van der Waals surface area contributed by atoms with E-state index in [4.69, 9.17) is 5.14 Å². The number of nitrogens with two attached hydrogens (primary N) is 1. The van der Waals surface area contributed by atoms with E-state index in [9.17, 15) is 37.0 Å². The first-order chi connectivity index (χ1) is 17.2. The van der Waals surface area contributed by atoms with Crippen LogP contribution >= 0.6 is 11.8 Å². The van der Waals surface area contributed by atoms with Crippen LogP contribution in [0, 0.1) is 17.6 Å². The Labute approximate surface area is 219 Å². The molecule has 2 aliphatic rings. The fourth-order valence-corrected chi connectivity index (χ4v) is 7.12. The van der Waals surface area contributed by atoms with Crippen molar-refractivity contribution < 1.29 is 37.0 Å². The van der Waals surface area contributed by atoms with Crippen molar-refractivity contribution in [3.63, 3.8) is 0 Å². The minimum absolute atomic E-state index is 0.0434. The maximum Gasteiger partial charge on any atom is 0.353 e. The highest BCUT2D eigenvalue weighted by Crippen LogP contribution is 2.46. The van der Waals surface area contributed by atoms with Gasteiger partial charge >= 0.3 is 5.97 Å². The average molecular weight is 563 g/mol. The minimum Gasteiger partial charge on any atom is -0.477 e. The average Bonchev–Trinajstić information content (AvgIpc) is 3.24. The number of benzene rings is 1. The molecule has 1 saturated heterocycles. The third-order valence-corrected chi connectivity index (χ3v) is 8.60. The Hall–Kier alpha value is -2.10. The van der Waals surface area contributed by atoms with Gasteiger partial charge < -0.3 is 15.1 Å². The van der Waals surface area contributed by atoms with E-state index < -0.39 is 45.9 Å². The Morgan fingerprint density at radius 1 is 1.27 bits per heavy atom. The summed E-state index contributed by atoms with van der Waals surface area (Å²) >= 11 is 1.29. The molecule has 1 amide bonds. The highest BCUT2D eigenvalue weighted by molar-refractivity contribution is 8.03. The topological polar surface area (TPSA) is 153 Å². The number of nitrogens with one attached hydrogen (secondary N) is 1. The van der Waals surface area contributed by atoms with Crippen molar-refractivity contribution >= 4 is 33.8 Å². The van der Waals surface area contributed by atoms with Crippen LogP contribution in [-0.4, -0.2) is 76.8 Å². The molecule has 0 bridgehead atoms. The fourth-order valence-electron chi connectivity index (χ4n) is 5.08. The van der Waals surface area contributed by atoms with Crippen molar-refractivity contribution in [3.05, 3.63) is 46.0 Å². The van der Waals surface area contributed by atoms with Crippen LogP contribution in [0.3, 0.4) is 0 Å². The highest BCUT2D eigenvalue weighted by Gasteiger charge is 2.45. The molecule has 1 fully saturated rings. The summed E-state index contributed by atoms with van der Waals surface area (Å²) in [5.74, 6) is -3.52. The van der Waals surface area contributed by atoms with Gasteiger partial charge in [0.15, 0.2) is 0 Å². The number of carboxylic acid groups (broad SMARTS) is 1. The summed E-state index contributed by atoms with van der Waals surface area (Å²) in [6.45, 7) is 5.12. The lowest BCUT2D eigenvalue weighted by Crippen LogP contribution is -2.42. The number of likely N-dealkylation sites (tertiary alicyclic amines) is 1. The summed E-state index contributed by atoms with van der Waals surface area (Å²) in [7, 11) is -3.98. The molecule has 0 aliphatic carbocycles. The molecule has 3 rings (SSSR count). The number of thioether (sulfide) groups is 1. The third-order valence-electron chi connectivity index (χ3n) is 6.53. The quantitative estimate of drug-likeness (QED) is 0.334. The van der Waals surface area contributed by atoms with Gasteiger partial charge in [-0.15, -0.1) is 11.8 Å². The standard InChI is InChI=1S/C23H32F2N4O6S2/c1-12(30)4-20-13(2)22(21(23(32)33)29(20)14(3)31)36-19-8-18(9-27-37(26,34)35)28(11-19)10-15-5-16(24)7-17(25)6-15/h5-7,12-13,18-20,27,30H,4,8-11H2,1-3H3,(H,32,33)(H2,26,34,35)/t12-,13-,18+,19+,20+/m1/s1. The third kappa shape index (κ3) is 7.48. The molecule has 2 aliphatic heterocycles. The van der Waals surface area contributed by atoms with Gasteiger partial charge in [-0.1, -0.05) is 6.92 Å². The molecule has 206 valence electrons. The predicted octanol–water partition coefficient (Wildman–Crippen LogP) is 1.37. The summed E-state index contributed by atoms with van der Waals surface area (Å²) < 4.78 is 52.8. The Balaban J connectivity index is 1.88. The largest absolute Gasteiger partial charge is 0.477 e. The summed E-state index contributed by atoms with van der Waals surface area (Å²) in [6, 6.07) is 2.24. The second-order valence-corrected chi connectivity index (χ2v) is 12.3. The Kier molecular flexibility index (Phi) is 9.35. The lowest BCUT2D eigenvalue weighted by molar-refractivity contribution is -0.140. The van der Waals surface area contributed by atoms with Crippen molar-refractivity contribution in [1.29, 1.82) is 0 Å². The number of amides is 1. The number of nitrogens with zero attached hydrogens (tertiary/aromatic N) is 2. The Bertz CT molecular complexity index is 1160. The molecule has 1 aromatic carbocycles. The summed E-state index contributed by atoms with van der Waals surface area (Å²) in [5.41, 5.74) is 0.240. The number of aliphatic carboxylic acids is 1. The van der Waals surface area contributed by atoms with Gasteiger partial charge in [-0.05, 0) is 37.5 Å². The van der Waals surface area contributed by atoms with Gasteiger partial charge in [0.05, 0.1) is 6.10 Å². The first kappa shape index (κ1) is 29.5. The number of hydrogen-bond donors (Lipinski definition) is 4. The molecule has 0 saturated carbocycles. The van der Waals surface area contributed by atoms with Crippen molar-refractivity contribution in [3.8, 4) is 0 Å². The molecule has 14 heteroatoms. The second kappa shape index (κ2) is 11.7. The van der Waals surface area contributed by atoms with E-state index in [1.54, 1.807) is 6.92 Å². The van der Waals surface area contributed by atoms with E-state index in [1.165, 1.54) is 35.7 Å². The molecule has 1 aromatic rings. The van der Waals surface area contributed by atoms with E-state index in [2.05, 4.69) is 4.72 Å². The van der Waals surface area contributed by atoms with Crippen molar-refractivity contribution in [2.75, 3.05) is 13.1 Å². The molecule has 37 heavy (non-hydrogen) atoms. The Morgan fingerprint density at radius 2 is 1.89 bits per heavy atom. The number of aliphatic hydroxyl groups excluding tert-OH is 1. The second-order valence-electron chi connectivity index (χ2n) is 9.58. The molecule has 2 heterocycles. The molecule has 0 aromatic heterocycles. The first-order valence-electron chi connectivity index (χ1n) is 11.7. The van der Waals surface area contributed by atoms with Crippen LogP contribution in [0.5, 0.6) is 0 Å². The van der Waals surface area contributed by atoms with Gasteiger partial charge in [-0.25, -0.2) is 23.4 Å². The van der Waals surface area contributed by atoms with Gasteiger partial charge in [0, 0.05) is 60.8 Å². The van der Waals surface area contributed by atoms with Crippen LogP contribution in [0.15, 0.2) is 28.8 Å². The monoisotopic (exact) mass is 562 g/mol. The lowest BCUT2D eigenvalue weighted by atomic mass is 9.98. The van der Waals surface area contributed by atoms with E-state index >= 15 is 0 Å². The van der Waals surface area contributed by atoms with Gasteiger partial charge in [-0.3, -0.25) is 9.69 Å². The fraction of sp³-hybridized carbons (Fsp3) is 0.565. The van der Waals surface area contributed by atoms with Crippen molar-refractivity contribution in [2.24, 2.45) is 11.1 Å². The van der Waals surface area contributed by atoms with E-state index in [1.807, 2.05) is 11.8 Å². The normalized spacial score (nSPS) is 25.6. The minimum atomic E-state index is -3.98. The first-order valence-corrected chi connectivity index (χ1v) is 14.2. The molecular formula is C23H32F2N4O6S2. The SMILES string of the molecule is CC(=O)N1C(C(=O)O)=C(S[C@H]2C[C@@H](CNS(N)(=O)=O)N(Cc3cc(F)cc(F)c3)C2)[C@H](C)[C@@H]1C[C@@H](C)O. The Morgan fingerprint density at radius 3 is 2.41 bits per heavy atom. The molecule has 5 atom stereocenters. The lowest BCUT2D eigenvalue weighted by Gasteiger charge is -2.28. The summed E-state index contributed by atoms with van der Waals surface area (Å²) in [5, 5.41) is 24.8. The predicted molar refractivity (Wildman–Crippen MR) is 134 cm³/mol. The number of aliphatic hydroxyl groups is 1. The van der Waals surface area contributed by atoms with Gasteiger partial charge in [0.2, 0.25) is 5.91 Å². The molecule has 0 spiro atoms. The van der Waals surface area contributed by atoms with Crippen LogP contribution in [-0.2, 0) is 26.3 Å². The van der Waals surface area contributed by atoms with Gasteiger partial charge in [0.1, 0.15) is 17.3 Å². The zero-order valence-electron chi connectivity index (χ0n) is 20.7. The number of carboxylic acids is 1. The van der Waals surface area contributed by atoms with Crippen LogP contribution in [0.25, 0.3) is 0 Å². The maximum absolute atomic E-state index is 13.8. The molecule has 10 nitrogen and oxygen atoms in total. The number of rotatable bonds is 10. The van der Waals surface area contributed by atoms with Crippen molar-refractivity contribution in [1.82, 2.24) is 14.5 Å². The molecular weight excluding hydrogens is 530 g/mol. The number of carbonyl (C=O) groups excluding carboxylic acids is 1. The van der Waals surface area contributed by atoms with Gasteiger partial charge in [-0.2, -0.15) is 8.42 Å². The smallest absolute Gasteiger partial charge is 0.353 e. The van der Waals surface area contributed by atoms with E-state index in [0.29, 0.717) is 23.4 Å². The van der Waals surface area contributed by atoms with E-state index in [0.717, 1.165) is 6.07 Å². The highest BCUT2D eigenvalue weighted by atomic mass is 32.2. The molecule has 0 radical (unpaired) electrons. The zero-order valence-corrected chi connectivity index (χ0v) is 22.4. The zero-order chi connectivity index (χ0) is 27.7. The number of halogens is 2. The van der Waals surface area contributed by atoms with Crippen LogP contribution in [0.4, 0.5) is 8.78 Å². The van der Waals surface area contributed by atoms with Crippen LogP contribution < -0.4 is 9.86 Å². The number of hydrogen-bond acceptors (Lipinski definition) is 7. The summed E-state index contributed by atoms with van der Waals surface area (Å²) in [6.07, 6.45) is -0.129. The number of carbonyl (C=O) groups is 2. The van der Waals surface area contributed by atoms with E-state index in [-0.39, 0.29) is 42.4 Å². The van der Waals surface area contributed by atoms with Crippen molar-refractivity contribution in [2.45, 2.75) is 63.6 Å². The maximum atomic E-state index is 13.8. The van der Waals surface area contributed by atoms with Crippen LogP contribution in [0.2, 0.25) is 0 Å². The van der Waals surface area contributed by atoms with Gasteiger partial charge in [0.25, 0.3) is 10.2 Å².